The van der Waals surface area contributed by atoms with Crippen LogP contribution in [0.2, 0.25) is 0 Å². The van der Waals surface area contributed by atoms with Crippen molar-refractivity contribution in [2.45, 2.75) is 121 Å². The maximum Gasteiger partial charge on any atom is 0.163 e. The molecule has 0 aliphatic rings. The summed E-state index contributed by atoms with van der Waals surface area (Å²) in [5.41, 5.74) is 1.18. The van der Waals surface area contributed by atoms with Gasteiger partial charge in [0.2, 0.25) is 0 Å². The summed E-state index contributed by atoms with van der Waals surface area (Å²) in [6.07, 6.45) is 9.42. The van der Waals surface area contributed by atoms with Crippen LogP contribution in [0.15, 0.2) is 18.2 Å². The number of hydrogen-bond acceptors (Lipinski definition) is 3. The smallest absolute Gasteiger partial charge is 0.163 e. The number of ketones is 1. The molecule has 0 fully saturated rings. The number of carbonyl (C=O) groups excluding carboxylic acids is 1. The Hall–Kier alpha value is -1.51. The van der Waals surface area contributed by atoms with Gasteiger partial charge in [-0.05, 0) is 29.9 Å². The van der Waals surface area contributed by atoms with E-state index < -0.39 is 0 Å². The first kappa shape index (κ1) is 36.1. The highest BCUT2D eigenvalue weighted by Crippen LogP contribution is 2.31. The van der Waals surface area contributed by atoms with Crippen LogP contribution in [0, 0.1) is 17.8 Å². The SMILES string of the molecule is CC.CC.CCCCC(CCCC)C(C)C(C)C(=O)CC.CCc1cccc(OC)c1OC. The van der Waals surface area contributed by atoms with Crippen LogP contribution in [0.3, 0.4) is 0 Å². The molecule has 0 radical (unpaired) electrons. The molecule has 2 unspecified atom stereocenters. The molecular weight excluding hydrogens is 408 g/mol. The topological polar surface area (TPSA) is 35.5 Å². The minimum Gasteiger partial charge on any atom is -0.493 e. The van der Waals surface area contributed by atoms with Gasteiger partial charge < -0.3 is 9.47 Å². The van der Waals surface area contributed by atoms with E-state index >= 15 is 0 Å². The Bertz CT molecular complexity index is 523. The Morgan fingerprint density at radius 2 is 1.36 bits per heavy atom. The summed E-state index contributed by atoms with van der Waals surface area (Å²) in [7, 11) is 3.31. The Morgan fingerprint density at radius 1 is 0.848 bits per heavy atom. The van der Waals surface area contributed by atoms with Crippen molar-refractivity contribution in [1.82, 2.24) is 0 Å². The van der Waals surface area contributed by atoms with Crippen molar-refractivity contribution in [1.29, 1.82) is 0 Å². The van der Waals surface area contributed by atoms with E-state index in [-0.39, 0.29) is 5.92 Å². The van der Waals surface area contributed by atoms with Crippen LogP contribution in [0.5, 0.6) is 11.5 Å². The Balaban J connectivity index is -0.000000491. The first-order valence-corrected chi connectivity index (χ1v) is 13.6. The van der Waals surface area contributed by atoms with Crippen molar-refractivity contribution in [3.05, 3.63) is 23.8 Å². The molecule has 3 nitrogen and oxygen atoms in total. The van der Waals surface area contributed by atoms with E-state index in [2.05, 4.69) is 34.6 Å². The van der Waals surface area contributed by atoms with E-state index in [1.54, 1.807) is 14.2 Å². The van der Waals surface area contributed by atoms with Gasteiger partial charge in [0.15, 0.2) is 11.5 Å². The molecule has 0 spiro atoms. The number of carbonyl (C=O) groups is 1. The van der Waals surface area contributed by atoms with Crippen molar-refractivity contribution in [3.63, 3.8) is 0 Å². The molecule has 1 aromatic rings. The summed E-state index contributed by atoms with van der Waals surface area (Å²) >= 11 is 0. The van der Waals surface area contributed by atoms with Crippen LogP contribution in [0.1, 0.15) is 120 Å². The first-order valence-electron chi connectivity index (χ1n) is 13.6. The minimum absolute atomic E-state index is 0.249. The van der Waals surface area contributed by atoms with Gasteiger partial charge in [0.25, 0.3) is 0 Å². The molecule has 0 aliphatic heterocycles. The Kier molecular flexibility index (Phi) is 27.5. The fraction of sp³-hybridized carbons (Fsp3) is 0.767. The van der Waals surface area contributed by atoms with Crippen LogP contribution < -0.4 is 9.47 Å². The van der Waals surface area contributed by atoms with Crippen molar-refractivity contribution in [2.24, 2.45) is 17.8 Å². The number of ether oxygens (including phenoxy) is 2. The van der Waals surface area contributed by atoms with Crippen molar-refractivity contribution < 1.29 is 14.3 Å². The van der Waals surface area contributed by atoms with Crippen LogP contribution in [0.4, 0.5) is 0 Å². The quantitative estimate of drug-likeness (QED) is 0.290. The zero-order chi connectivity index (χ0) is 26.2. The zero-order valence-electron chi connectivity index (χ0n) is 24.3. The third kappa shape index (κ3) is 15.1. The highest BCUT2D eigenvalue weighted by molar-refractivity contribution is 5.80. The van der Waals surface area contributed by atoms with E-state index in [0.717, 1.165) is 23.8 Å². The molecule has 0 amide bonds. The molecule has 196 valence electrons. The van der Waals surface area contributed by atoms with Gasteiger partial charge in [-0.15, -0.1) is 0 Å². The summed E-state index contributed by atoms with van der Waals surface area (Å²) in [6, 6.07) is 5.92. The van der Waals surface area contributed by atoms with Crippen LogP contribution in [-0.2, 0) is 11.2 Å². The van der Waals surface area contributed by atoms with Crippen LogP contribution in [0.25, 0.3) is 0 Å². The van der Waals surface area contributed by atoms with Gasteiger partial charge in [0.05, 0.1) is 14.2 Å². The van der Waals surface area contributed by atoms with E-state index in [4.69, 9.17) is 9.47 Å². The number of methoxy groups -OCH3 is 2. The second-order valence-corrected chi connectivity index (χ2v) is 8.02. The number of hydrogen-bond donors (Lipinski definition) is 0. The zero-order valence-corrected chi connectivity index (χ0v) is 24.3. The molecule has 0 heterocycles. The maximum absolute atomic E-state index is 11.8. The lowest BCUT2D eigenvalue weighted by Crippen LogP contribution is -2.25. The highest BCUT2D eigenvalue weighted by atomic mass is 16.5. The Labute approximate surface area is 208 Å². The number of unbranched alkanes of at least 4 members (excludes halogenated alkanes) is 2. The maximum atomic E-state index is 11.8. The number of Topliss-reactive ketones (excluding diaryl/α,β-unsaturated/α-hetero) is 1. The largest absolute Gasteiger partial charge is 0.493 e. The van der Waals surface area contributed by atoms with E-state index in [1.165, 1.54) is 44.1 Å². The standard InChI is InChI=1S/C16H32O.C10H14O2.2C2H6/c1-6-9-11-15(12-10-7-2)13(4)14(5)16(17)8-3;1-4-8-6-5-7-9(11-2)10(8)12-3;2*1-2/h13-15H,6-12H2,1-5H3;5-7H,4H2,1-3H3;2*1-2H3. The fourth-order valence-corrected chi connectivity index (χ4v) is 3.86. The normalized spacial score (nSPS) is 11.5. The molecule has 1 rings (SSSR count). The molecule has 0 aromatic heterocycles. The highest BCUT2D eigenvalue weighted by Gasteiger charge is 2.25. The average molecular weight is 467 g/mol. The van der Waals surface area contributed by atoms with Gasteiger partial charge in [-0.25, -0.2) is 0 Å². The van der Waals surface area contributed by atoms with Crippen molar-refractivity contribution in [3.8, 4) is 11.5 Å². The lowest BCUT2D eigenvalue weighted by Gasteiger charge is -2.28. The molecule has 3 heteroatoms. The predicted octanol–water partition coefficient (Wildman–Crippen LogP) is 9.55. The summed E-state index contributed by atoms with van der Waals surface area (Å²) < 4.78 is 10.4. The second kappa shape index (κ2) is 25.1. The van der Waals surface area contributed by atoms with Crippen molar-refractivity contribution >= 4 is 5.78 Å². The first-order chi connectivity index (χ1) is 15.9. The monoisotopic (exact) mass is 466 g/mol. The third-order valence-corrected chi connectivity index (χ3v) is 6.11. The van der Waals surface area contributed by atoms with Gasteiger partial charge in [-0.2, -0.15) is 0 Å². The summed E-state index contributed by atoms with van der Waals surface area (Å²) in [5.74, 6) is 3.65. The second-order valence-electron chi connectivity index (χ2n) is 8.02. The predicted molar refractivity (Wildman–Crippen MR) is 148 cm³/mol. The summed E-state index contributed by atoms with van der Waals surface area (Å²) in [4.78, 5) is 11.8. The van der Waals surface area contributed by atoms with E-state index in [9.17, 15) is 4.79 Å². The molecule has 0 N–H and O–H groups in total. The summed E-state index contributed by atoms with van der Waals surface area (Å²) in [5, 5.41) is 0. The molecular formula is C30H58O3. The molecule has 0 bridgehead atoms. The minimum atomic E-state index is 0.249. The molecule has 33 heavy (non-hydrogen) atoms. The fourth-order valence-electron chi connectivity index (χ4n) is 3.86. The van der Waals surface area contributed by atoms with Gasteiger partial charge in [0, 0.05) is 12.3 Å². The Morgan fingerprint density at radius 3 is 1.73 bits per heavy atom. The van der Waals surface area contributed by atoms with E-state index in [0.29, 0.717) is 18.1 Å². The number of aryl methyl sites for hydroxylation is 1. The molecule has 2 atom stereocenters. The number of para-hydroxylation sites is 1. The molecule has 0 saturated carbocycles. The molecule has 1 aromatic carbocycles. The van der Waals surface area contributed by atoms with Gasteiger partial charge in [-0.3, -0.25) is 4.79 Å². The lowest BCUT2D eigenvalue weighted by atomic mass is 9.76. The molecule has 0 saturated heterocycles. The van der Waals surface area contributed by atoms with Crippen LogP contribution >= 0.6 is 0 Å². The van der Waals surface area contributed by atoms with Crippen molar-refractivity contribution in [2.75, 3.05) is 14.2 Å². The third-order valence-electron chi connectivity index (χ3n) is 6.11. The van der Waals surface area contributed by atoms with Gasteiger partial charge in [-0.1, -0.05) is 120 Å². The molecule has 0 aliphatic carbocycles. The van der Waals surface area contributed by atoms with Gasteiger partial charge in [0.1, 0.15) is 5.78 Å². The number of benzene rings is 1. The van der Waals surface area contributed by atoms with E-state index in [1.807, 2.05) is 52.8 Å². The average Bonchev–Trinajstić information content (AvgIpc) is 2.89. The van der Waals surface area contributed by atoms with Crippen LogP contribution in [-0.4, -0.2) is 20.0 Å². The number of rotatable bonds is 13. The lowest BCUT2D eigenvalue weighted by molar-refractivity contribution is -0.124. The van der Waals surface area contributed by atoms with Gasteiger partial charge >= 0.3 is 0 Å². The summed E-state index contributed by atoms with van der Waals surface area (Å²) in [6.45, 7) is 21.0.